The number of nitrogens with one attached hydrogen (secondary N) is 1. The molecule has 1 aromatic heterocycles. The summed E-state index contributed by atoms with van der Waals surface area (Å²) in [5.74, 6) is 0.543. The molecule has 1 rings (SSSR count). The highest BCUT2D eigenvalue weighted by Crippen LogP contribution is 2.12. The van der Waals surface area contributed by atoms with Gasteiger partial charge in [-0.25, -0.2) is 0 Å². The van der Waals surface area contributed by atoms with Crippen molar-refractivity contribution in [3.8, 4) is 0 Å². The van der Waals surface area contributed by atoms with Crippen LogP contribution in [0.3, 0.4) is 0 Å². The Morgan fingerprint density at radius 2 is 2.16 bits per heavy atom. The molecule has 0 spiro atoms. The van der Waals surface area contributed by atoms with Gasteiger partial charge in [-0.2, -0.15) is 0 Å². The van der Waals surface area contributed by atoms with Gasteiger partial charge in [-0.05, 0) is 31.4 Å². The van der Waals surface area contributed by atoms with Gasteiger partial charge in [0.2, 0.25) is 5.91 Å². The molecule has 0 saturated carbocycles. The number of rotatable bonds is 7. The van der Waals surface area contributed by atoms with E-state index in [2.05, 4.69) is 5.32 Å². The summed E-state index contributed by atoms with van der Waals surface area (Å²) in [6.07, 6.45) is 3.27. The van der Waals surface area contributed by atoms with Crippen molar-refractivity contribution >= 4 is 23.1 Å². The minimum atomic E-state index is -0.402. The van der Waals surface area contributed by atoms with Crippen LogP contribution in [0.4, 0.5) is 0 Å². The second-order valence-corrected chi connectivity index (χ2v) is 5.62. The molecule has 3 N–H and O–H groups in total. The summed E-state index contributed by atoms with van der Waals surface area (Å²) in [4.78, 5) is 12.4. The molecule has 0 aliphatic heterocycles. The van der Waals surface area contributed by atoms with Crippen LogP contribution in [0.5, 0.6) is 0 Å². The lowest BCUT2D eigenvalue weighted by molar-refractivity contribution is -0.124. The summed E-state index contributed by atoms with van der Waals surface area (Å²) in [6.45, 7) is 5.85. The Morgan fingerprint density at radius 3 is 2.63 bits per heavy atom. The van der Waals surface area contributed by atoms with Gasteiger partial charge in [0.1, 0.15) is 5.76 Å². The summed E-state index contributed by atoms with van der Waals surface area (Å²) >= 11 is 4.95. The Kier molecular flexibility index (Phi) is 6.02. The first-order valence-electron chi connectivity index (χ1n) is 6.54. The number of nitrogens with two attached hydrogens (primary N) is 1. The Morgan fingerprint density at radius 1 is 1.47 bits per heavy atom. The van der Waals surface area contributed by atoms with E-state index in [1.807, 2.05) is 32.9 Å². The topological polar surface area (TPSA) is 68.3 Å². The van der Waals surface area contributed by atoms with Crippen molar-refractivity contribution in [3.63, 3.8) is 0 Å². The molecule has 0 fully saturated rings. The molecule has 2 unspecified atom stereocenters. The van der Waals surface area contributed by atoms with Crippen molar-refractivity contribution in [2.24, 2.45) is 17.6 Å². The number of aryl methyl sites for hydroxylation is 1. The third kappa shape index (κ3) is 5.03. The normalized spacial score (nSPS) is 14.1. The van der Waals surface area contributed by atoms with Gasteiger partial charge in [-0.15, -0.1) is 0 Å². The number of hydrogen-bond donors (Lipinski definition) is 2. The Labute approximate surface area is 119 Å². The minimum Gasteiger partial charge on any atom is -0.469 e. The number of amides is 1. The molecule has 2 atom stereocenters. The van der Waals surface area contributed by atoms with Gasteiger partial charge in [0.15, 0.2) is 0 Å². The van der Waals surface area contributed by atoms with Gasteiger partial charge in [-0.3, -0.25) is 4.79 Å². The molecule has 0 bridgehead atoms. The molecule has 1 amide bonds. The fourth-order valence-corrected chi connectivity index (χ4v) is 2.36. The number of furan rings is 1. The van der Waals surface area contributed by atoms with Gasteiger partial charge < -0.3 is 15.5 Å². The van der Waals surface area contributed by atoms with Crippen molar-refractivity contribution < 1.29 is 9.21 Å². The van der Waals surface area contributed by atoms with Crippen LogP contribution < -0.4 is 11.1 Å². The Balaban J connectivity index is 2.44. The predicted molar refractivity (Wildman–Crippen MR) is 79.7 cm³/mol. The third-order valence-electron chi connectivity index (χ3n) is 3.05. The average Bonchev–Trinajstić information content (AvgIpc) is 2.77. The van der Waals surface area contributed by atoms with Crippen LogP contribution in [0.15, 0.2) is 22.8 Å². The van der Waals surface area contributed by atoms with E-state index in [0.29, 0.717) is 0 Å². The molecule has 4 nitrogen and oxygen atoms in total. The molecule has 19 heavy (non-hydrogen) atoms. The highest BCUT2D eigenvalue weighted by Gasteiger charge is 2.25. The van der Waals surface area contributed by atoms with Crippen LogP contribution in [0.1, 0.15) is 33.0 Å². The predicted octanol–water partition coefficient (Wildman–Crippen LogP) is 2.28. The fourth-order valence-electron chi connectivity index (χ4n) is 1.98. The van der Waals surface area contributed by atoms with Crippen molar-refractivity contribution in [2.45, 2.75) is 39.7 Å². The molecule has 1 aromatic rings. The van der Waals surface area contributed by atoms with Crippen molar-refractivity contribution in [3.05, 3.63) is 24.2 Å². The zero-order valence-electron chi connectivity index (χ0n) is 11.7. The summed E-state index contributed by atoms with van der Waals surface area (Å²) in [5, 5.41) is 2.96. The zero-order valence-corrected chi connectivity index (χ0v) is 12.5. The molecule has 106 valence electrons. The smallest absolute Gasteiger partial charge is 0.230 e. The summed E-state index contributed by atoms with van der Waals surface area (Å²) in [7, 11) is 0. The Bertz CT molecular complexity index is 415. The van der Waals surface area contributed by atoms with Crippen molar-refractivity contribution in [1.29, 1.82) is 0 Å². The van der Waals surface area contributed by atoms with Gasteiger partial charge in [0.05, 0.1) is 17.2 Å². The van der Waals surface area contributed by atoms with Crippen LogP contribution in [0, 0.1) is 11.8 Å². The highest BCUT2D eigenvalue weighted by atomic mass is 32.1. The fraction of sp³-hybridized carbons (Fsp3) is 0.571. The SMILES string of the molecule is CC(CCc1ccco1)NC(=O)C(C(N)=S)C(C)C. The summed E-state index contributed by atoms with van der Waals surface area (Å²) in [6, 6.07) is 3.86. The number of hydrogen-bond acceptors (Lipinski definition) is 3. The van der Waals surface area contributed by atoms with E-state index in [1.54, 1.807) is 6.26 Å². The standard InChI is InChI=1S/C14H22N2O2S/c1-9(2)12(13(15)19)14(17)16-10(3)6-7-11-5-4-8-18-11/h4-5,8-10,12H,6-7H2,1-3H3,(H2,15,19)(H,16,17). The third-order valence-corrected chi connectivity index (χ3v) is 3.30. The van der Waals surface area contributed by atoms with Crippen molar-refractivity contribution in [1.82, 2.24) is 5.32 Å². The maximum atomic E-state index is 12.1. The van der Waals surface area contributed by atoms with Crippen molar-refractivity contribution in [2.75, 3.05) is 0 Å². The first kappa shape index (κ1) is 15.7. The van der Waals surface area contributed by atoms with Gasteiger partial charge in [-0.1, -0.05) is 26.1 Å². The van der Waals surface area contributed by atoms with Gasteiger partial charge in [0.25, 0.3) is 0 Å². The highest BCUT2D eigenvalue weighted by molar-refractivity contribution is 7.80. The second kappa shape index (κ2) is 7.28. The average molecular weight is 282 g/mol. The first-order chi connectivity index (χ1) is 8.91. The minimum absolute atomic E-state index is 0.0631. The van der Waals surface area contributed by atoms with E-state index in [4.69, 9.17) is 22.4 Å². The van der Waals surface area contributed by atoms with E-state index in [1.165, 1.54) is 0 Å². The quantitative estimate of drug-likeness (QED) is 0.753. The number of thiocarbonyl (C=S) groups is 1. The molecule has 5 heteroatoms. The summed E-state index contributed by atoms with van der Waals surface area (Å²) < 4.78 is 5.26. The lowest BCUT2D eigenvalue weighted by atomic mass is 9.94. The Hall–Kier alpha value is -1.36. The lowest BCUT2D eigenvalue weighted by Gasteiger charge is -2.21. The first-order valence-corrected chi connectivity index (χ1v) is 6.94. The maximum absolute atomic E-state index is 12.1. The van der Waals surface area contributed by atoms with E-state index in [0.717, 1.165) is 18.6 Å². The van der Waals surface area contributed by atoms with E-state index in [9.17, 15) is 4.79 Å². The second-order valence-electron chi connectivity index (χ2n) is 5.15. The molecule has 1 heterocycles. The number of carbonyl (C=O) groups excluding carboxylic acids is 1. The maximum Gasteiger partial charge on any atom is 0.230 e. The molecule has 0 radical (unpaired) electrons. The van der Waals surface area contributed by atoms with Crippen LogP contribution in [0.2, 0.25) is 0 Å². The van der Waals surface area contributed by atoms with Crippen LogP contribution in [-0.2, 0) is 11.2 Å². The van der Waals surface area contributed by atoms with Crippen LogP contribution in [0.25, 0.3) is 0 Å². The summed E-state index contributed by atoms with van der Waals surface area (Å²) in [5.41, 5.74) is 5.62. The lowest BCUT2D eigenvalue weighted by Crippen LogP contribution is -2.44. The van der Waals surface area contributed by atoms with E-state index in [-0.39, 0.29) is 22.9 Å². The molecular weight excluding hydrogens is 260 g/mol. The van der Waals surface area contributed by atoms with Crippen LogP contribution in [-0.4, -0.2) is 16.9 Å². The van der Waals surface area contributed by atoms with Gasteiger partial charge in [0, 0.05) is 12.5 Å². The van der Waals surface area contributed by atoms with E-state index >= 15 is 0 Å². The van der Waals surface area contributed by atoms with Gasteiger partial charge >= 0.3 is 0 Å². The molecule has 0 aliphatic rings. The largest absolute Gasteiger partial charge is 0.469 e. The number of carbonyl (C=O) groups is 1. The van der Waals surface area contributed by atoms with Crippen LogP contribution >= 0.6 is 12.2 Å². The zero-order chi connectivity index (χ0) is 14.4. The molecule has 0 aliphatic carbocycles. The monoisotopic (exact) mass is 282 g/mol. The molecule has 0 saturated heterocycles. The molecule has 0 aromatic carbocycles. The molecular formula is C14H22N2O2S. The van der Waals surface area contributed by atoms with E-state index < -0.39 is 5.92 Å².